The summed E-state index contributed by atoms with van der Waals surface area (Å²) in [7, 11) is 0. The molecule has 1 aliphatic rings. The van der Waals surface area contributed by atoms with Crippen LogP contribution in [0.2, 0.25) is 0 Å². The van der Waals surface area contributed by atoms with Crippen LogP contribution in [0.25, 0.3) is 0 Å². The molecule has 1 fully saturated rings. The molecular weight excluding hydrogens is 136 g/mol. The van der Waals surface area contributed by atoms with Crippen LogP contribution in [0.3, 0.4) is 0 Å². The molecule has 1 heteroatoms. The Bertz CT molecular complexity index is 97.0. The highest BCUT2D eigenvalue weighted by atomic mass is 16.5. The Morgan fingerprint density at radius 2 is 1.82 bits per heavy atom. The molecule has 0 amide bonds. The summed E-state index contributed by atoms with van der Waals surface area (Å²) in [6.45, 7) is 12.8. The van der Waals surface area contributed by atoms with Crippen LogP contribution in [0.1, 0.15) is 41.0 Å². The van der Waals surface area contributed by atoms with E-state index < -0.39 is 0 Å². The molecule has 1 unspecified atom stereocenters. The van der Waals surface area contributed by atoms with E-state index in [0.29, 0.717) is 5.41 Å². The van der Waals surface area contributed by atoms with Crippen molar-refractivity contribution in [2.75, 3.05) is 13.2 Å². The van der Waals surface area contributed by atoms with Crippen molar-refractivity contribution in [3.8, 4) is 0 Å². The van der Waals surface area contributed by atoms with Gasteiger partial charge in [0.2, 0.25) is 0 Å². The number of hydrogen-bond acceptors (Lipinski definition) is 1. The largest absolute Gasteiger partial charge is 0.381 e. The maximum atomic E-state index is 5.32. The Labute approximate surface area is 71.1 Å². The van der Waals surface area contributed by atoms with Gasteiger partial charge in [-0.25, -0.2) is 0 Å². The smallest absolute Gasteiger partial charge is 0.0496 e. The quantitative estimate of drug-likeness (QED) is 0.526. The van der Waals surface area contributed by atoms with Crippen molar-refractivity contribution in [1.29, 1.82) is 0 Å². The van der Waals surface area contributed by atoms with Gasteiger partial charge >= 0.3 is 0 Å². The molecule has 0 aliphatic carbocycles. The first-order chi connectivity index (χ1) is 5.13. The molecule has 1 aliphatic heterocycles. The van der Waals surface area contributed by atoms with Gasteiger partial charge in [0.05, 0.1) is 0 Å². The zero-order valence-electron chi connectivity index (χ0n) is 8.61. The van der Waals surface area contributed by atoms with Crippen LogP contribution in [-0.2, 0) is 4.74 Å². The van der Waals surface area contributed by atoms with E-state index in [0.717, 1.165) is 19.1 Å². The van der Waals surface area contributed by atoms with E-state index in [9.17, 15) is 0 Å². The van der Waals surface area contributed by atoms with Gasteiger partial charge in [-0.2, -0.15) is 0 Å². The van der Waals surface area contributed by atoms with E-state index in [1.165, 1.54) is 6.42 Å². The van der Waals surface area contributed by atoms with Crippen LogP contribution in [0.15, 0.2) is 0 Å². The zero-order valence-corrected chi connectivity index (χ0v) is 8.61. The Hall–Kier alpha value is -0.0400. The van der Waals surface area contributed by atoms with Crippen LogP contribution >= 0.6 is 0 Å². The minimum atomic E-state index is 0.512. The highest BCUT2D eigenvalue weighted by Crippen LogP contribution is 2.33. The Kier molecular flexibility index (Phi) is 4.74. The summed E-state index contributed by atoms with van der Waals surface area (Å²) in [6.07, 6.45) is 1.22. The third-order valence-corrected chi connectivity index (χ3v) is 2.59. The molecule has 11 heavy (non-hydrogen) atoms. The summed E-state index contributed by atoms with van der Waals surface area (Å²) >= 11 is 0. The Morgan fingerprint density at radius 1 is 1.27 bits per heavy atom. The monoisotopic (exact) mass is 158 g/mol. The minimum absolute atomic E-state index is 0.512. The predicted molar refractivity (Wildman–Crippen MR) is 49.7 cm³/mol. The Balaban J connectivity index is 0.000000461. The van der Waals surface area contributed by atoms with Crippen LogP contribution in [-0.4, -0.2) is 13.2 Å². The second-order valence-corrected chi connectivity index (χ2v) is 3.71. The molecule has 0 aromatic heterocycles. The fraction of sp³-hybridized carbons (Fsp3) is 1.00. The van der Waals surface area contributed by atoms with Gasteiger partial charge in [-0.05, 0) is 17.8 Å². The fourth-order valence-corrected chi connectivity index (χ4v) is 1.07. The van der Waals surface area contributed by atoms with Gasteiger partial charge in [0.25, 0.3) is 0 Å². The van der Waals surface area contributed by atoms with Gasteiger partial charge in [0, 0.05) is 13.2 Å². The SMILES string of the molecule is CC.CC1COCCC1(C)C. The second kappa shape index (κ2) is 4.76. The van der Waals surface area contributed by atoms with E-state index >= 15 is 0 Å². The highest BCUT2D eigenvalue weighted by molar-refractivity contribution is 4.77. The van der Waals surface area contributed by atoms with Crippen molar-refractivity contribution >= 4 is 0 Å². The van der Waals surface area contributed by atoms with Gasteiger partial charge < -0.3 is 4.74 Å². The molecule has 0 aromatic carbocycles. The molecule has 0 aromatic rings. The molecule has 0 N–H and O–H groups in total. The van der Waals surface area contributed by atoms with Gasteiger partial charge in [-0.3, -0.25) is 0 Å². The summed E-state index contributed by atoms with van der Waals surface area (Å²) in [5.74, 6) is 0.728. The summed E-state index contributed by atoms with van der Waals surface area (Å²) in [5.41, 5.74) is 0.512. The third kappa shape index (κ3) is 3.24. The third-order valence-electron chi connectivity index (χ3n) is 2.59. The van der Waals surface area contributed by atoms with Crippen molar-refractivity contribution in [2.45, 2.75) is 41.0 Å². The molecule has 0 radical (unpaired) electrons. The lowest BCUT2D eigenvalue weighted by molar-refractivity contribution is -0.0151. The van der Waals surface area contributed by atoms with E-state index in [2.05, 4.69) is 20.8 Å². The van der Waals surface area contributed by atoms with Gasteiger partial charge in [0.1, 0.15) is 0 Å². The first kappa shape index (κ1) is 11.0. The summed E-state index contributed by atoms with van der Waals surface area (Å²) in [6, 6.07) is 0. The van der Waals surface area contributed by atoms with Crippen molar-refractivity contribution in [3.05, 3.63) is 0 Å². The average molecular weight is 158 g/mol. The van der Waals surface area contributed by atoms with E-state index in [1.54, 1.807) is 0 Å². The van der Waals surface area contributed by atoms with Crippen LogP contribution in [0.5, 0.6) is 0 Å². The molecular formula is C10H22O. The Morgan fingerprint density at radius 3 is 2.09 bits per heavy atom. The first-order valence-corrected chi connectivity index (χ1v) is 4.71. The van der Waals surface area contributed by atoms with E-state index in [-0.39, 0.29) is 0 Å². The van der Waals surface area contributed by atoms with Gasteiger partial charge in [-0.15, -0.1) is 0 Å². The first-order valence-electron chi connectivity index (χ1n) is 4.71. The summed E-state index contributed by atoms with van der Waals surface area (Å²) in [4.78, 5) is 0. The van der Waals surface area contributed by atoms with Crippen LogP contribution in [0, 0.1) is 11.3 Å². The molecule has 0 saturated carbocycles. The molecule has 1 heterocycles. The van der Waals surface area contributed by atoms with Crippen molar-refractivity contribution in [3.63, 3.8) is 0 Å². The molecule has 0 bridgehead atoms. The van der Waals surface area contributed by atoms with E-state index in [4.69, 9.17) is 4.74 Å². The number of rotatable bonds is 0. The molecule has 1 nitrogen and oxygen atoms in total. The van der Waals surface area contributed by atoms with Crippen LogP contribution < -0.4 is 0 Å². The highest BCUT2D eigenvalue weighted by Gasteiger charge is 2.28. The van der Waals surface area contributed by atoms with Gasteiger partial charge in [-0.1, -0.05) is 34.6 Å². The van der Waals surface area contributed by atoms with Crippen molar-refractivity contribution in [1.82, 2.24) is 0 Å². The number of hydrogen-bond donors (Lipinski definition) is 0. The average Bonchev–Trinajstić information content (AvgIpc) is 2.00. The lowest BCUT2D eigenvalue weighted by Gasteiger charge is -2.35. The van der Waals surface area contributed by atoms with E-state index in [1.807, 2.05) is 13.8 Å². The number of ether oxygens (including phenoxy) is 1. The molecule has 0 spiro atoms. The topological polar surface area (TPSA) is 9.23 Å². The standard InChI is InChI=1S/C8H16O.C2H6/c1-7-6-9-5-4-8(7,2)3;1-2/h7H,4-6H2,1-3H3;1-2H3. The van der Waals surface area contributed by atoms with Crippen molar-refractivity contribution < 1.29 is 4.74 Å². The lowest BCUT2D eigenvalue weighted by Crippen LogP contribution is -2.32. The minimum Gasteiger partial charge on any atom is -0.381 e. The van der Waals surface area contributed by atoms with Gasteiger partial charge in [0.15, 0.2) is 0 Å². The summed E-state index contributed by atoms with van der Waals surface area (Å²) in [5, 5.41) is 0. The maximum Gasteiger partial charge on any atom is 0.0496 e. The molecule has 1 rings (SSSR count). The molecule has 1 saturated heterocycles. The van der Waals surface area contributed by atoms with Crippen LogP contribution in [0.4, 0.5) is 0 Å². The molecule has 1 atom stereocenters. The lowest BCUT2D eigenvalue weighted by atomic mass is 9.77. The normalized spacial score (nSPS) is 28.6. The van der Waals surface area contributed by atoms with Crippen molar-refractivity contribution in [2.24, 2.45) is 11.3 Å². The summed E-state index contributed by atoms with van der Waals surface area (Å²) < 4.78 is 5.32. The molecule has 68 valence electrons. The second-order valence-electron chi connectivity index (χ2n) is 3.71. The predicted octanol–water partition coefficient (Wildman–Crippen LogP) is 3.10. The maximum absolute atomic E-state index is 5.32. The fourth-order valence-electron chi connectivity index (χ4n) is 1.07. The zero-order chi connectivity index (χ0) is 8.91.